The molecule has 0 aliphatic rings. The second-order valence-electron chi connectivity index (χ2n) is 3.19. The van der Waals surface area contributed by atoms with Crippen molar-refractivity contribution in [1.82, 2.24) is 5.16 Å². The summed E-state index contributed by atoms with van der Waals surface area (Å²) in [5.41, 5.74) is 0.940. The fourth-order valence-corrected chi connectivity index (χ4v) is 1.69. The summed E-state index contributed by atoms with van der Waals surface area (Å²) in [5, 5.41) is 13.3. The molecule has 1 N–H and O–H groups in total. The van der Waals surface area contributed by atoms with Gasteiger partial charge in [-0.2, -0.15) is 0 Å². The molecule has 1 heterocycles. The van der Waals surface area contributed by atoms with E-state index in [1.165, 1.54) is 0 Å². The van der Waals surface area contributed by atoms with Crippen molar-refractivity contribution in [2.45, 2.75) is 37.9 Å². The molecule has 1 aromatic heterocycles. The molecule has 0 saturated carbocycles. The highest BCUT2D eigenvalue weighted by Crippen LogP contribution is 2.19. The van der Waals surface area contributed by atoms with Gasteiger partial charge in [-0.1, -0.05) is 12.1 Å². The van der Waals surface area contributed by atoms with E-state index in [4.69, 9.17) is 4.52 Å². The van der Waals surface area contributed by atoms with E-state index in [0.717, 1.165) is 17.2 Å². The second-order valence-corrected chi connectivity index (χ2v) is 4.55. The summed E-state index contributed by atoms with van der Waals surface area (Å²) in [7, 11) is 0. The van der Waals surface area contributed by atoms with Gasteiger partial charge >= 0.3 is 0 Å². The number of rotatable bonds is 4. The largest absolute Gasteiger partial charge is 0.392 e. The number of hydrogen-bond acceptors (Lipinski definition) is 4. The summed E-state index contributed by atoms with van der Waals surface area (Å²) >= 11 is 1.68. The normalized spacial score (nSPS) is 15.7. The highest BCUT2D eigenvalue weighted by molar-refractivity contribution is 7.99. The molecule has 0 amide bonds. The molecular formula is C9H15NO2S. The standard InChI is InChI=1S/C9H15NO2S/c1-6-4-9(10-12-6)5-13-8(3)7(2)11/h4,7-8,11H,5H2,1-3H3. The Morgan fingerprint density at radius 1 is 1.62 bits per heavy atom. The van der Waals surface area contributed by atoms with Gasteiger partial charge in [-0.3, -0.25) is 0 Å². The van der Waals surface area contributed by atoms with E-state index in [9.17, 15) is 5.11 Å². The minimum Gasteiger partial charge on any atom is -0.392 e. The SMILES string of the molecule is Cc1cc(CSC(C)C(C)O)no1. The Hall–Kier alpha value is -0.480. The molecule has 0 fully saturated rings. The third-order valence-corrected chi connectivity index (χ3v) is 3.23. The van der Waals surface area contributed by atoms with Gasteiger partial charge in [-0.05, 0) is 13.8 Å². The van der Waals surface area contributed by atoms with Gasteiger partial charge in [-0.15, -0.1) is 11.8 Å². The first-order chi connectivity index (χ1) is 6.09. The molecule has 74 valence electrons. The molecule has 1 aromatic rings. The molecule has 1 rings (SSSR count). The van der Waals surface area contributed by atoms with Gasteiger partial charge in [0.2, 0.25) is 0 Å². The van der Waals surface area contributed by atoms with Gasteiger partial charge in [-0.25, -0.2) is 0 Å². The Morgan fingerprint density at radius 3 is 2.77 bits per heavy atom. The molecule has 0 spiro atoms. The second kappa shape index (κ2) is 4.67. The van der Waals surface area contributed by atoms with Crippen LogP contribution >= 0.6 is 11.8 Å². The van der Waals surface area contributed by atoms with Crippen molar-refractivity contribution >= 4 is 11.8 Å². The van der Waals surface area contributed by atoms with Crippen LogP contribution in [-0.2, 0) is 5.75 Å². The lowest BCUT2D eigenvalue weighted by Crippen LogP contribution is -2.15. The minimum atomic E-state index is -0.280. The Kier molecular flexibility index (Phi) is 3.81. The maximum absolute atomic E-state index is 9.24. The van der Waals surface area contributed by atoms with Crippen LogP contribution in [0.4, 0.5) is 0 Å². The molecule has 13 heavy (non-hydrogen) atoms. The summed E-state index contributed by atoms with van der Waals surface area (Å²) < 4.78 is 4.93. The Morgan fingerprint density at radius 2 is 2.31 bits per heavy atom. The minimum absolute atomic E-state index is 0.233. The van der Waals surface area contributed by atoms with Crippen LogP contribution < -0.4 is 0 Å². The maximum Gasteiger partial charge on any atom is 0.133 e. The molecular weight excluding hydrogens is 186 g/mol. The van der Waals surface area contributed by atoms with Crippen molar-refractivity contribution in [2.24, 2.45) is 0 Å². The van der Waals surface area contributed by atoms with E-state index in [1.807, 2.05) is 19.9 Å². The van der Waals surface area contributed by atoms with Gasteiger partial charge in [0.1, 0.15) is 5.76 Å². The van der Waals surface area contributed by atoms with Gasteiger partial charge in [0.05, 0.1) is 11.8 Å². The highest BCUT2D eigenvalue weighted by atomic mass is 32.2. The molecule has 0 radical (unpaired) electrons. The third kappa shape index (κ3) is 3.40. The van der Waals surface area contributed by atoms with Gasteiger partial charge in [0, 0.05) is 17.1 Å². The summed E-state index contributed by atoms with van der Waals surface area (Å²) in [6.45, 7) is 5.67. The van der Waals surface area contributed by atoms with Crippen LogP contribution in [0.15, 0.2) is 10.6 Å². The van der Waals surface area contributed by atoms with E-state index in [2.05, 4.69) is 5.16 Å². The molecule has 0 aromatic carbocycles. The summed E-state index contributed by atoms with van der Waals surface area (Å²) in [6, 6.07) is 1.92. The lowest BCUT2D eigenvalue weighted by molar-refractivity contribution is 0.196. The Labute approximate surface area is 82.5 Å². The number of aryl methyl sites for hydroxylation is 1. The predicted molar refractivity (Wildman–Crippen MR) is 53.7 cm³/mol. The molecule has 0 bridgehead atoms. The fraction of sp³-hybridized carbons (Fsp3) is 0.667. The van der Waals surface area contributed by atoms with Gasteiger partial charge in [0.25, 0.3) is 0 Å². The lowest BCUT2D eigenvalue weighted by atomic mass is 10.3. The molecule has 0 aliphatic heterocycles. The molecule has 2 unspecified atom stereocenters. The van der Waals surface area contributed by atoms with E-state index in [1.54, 1.807) is 18.7 Å². The Bertz CT molecular complexity index is 260. The first kappa shape index (κ1) is 10.6. The first-order valence-corrected chi connectivity index (χ1v) is 5.36. The smallest absolute Gasteiger partial charge is 0.133 e. The maximum atomic E-state index is 9.24. The van der Waals surface area contributed by atoms with Crippen molar-refractivity contribution in [3.63, 3.8) is 0 Å². The number of aromatic nitrogens is 1. The van der Waals surface area contributed by atoms with Crippen LogP contribution in [0.25, 0.3) is 0 Å². The fourth-order valence-electron chi connectivity index (χ4n) is 0.842. The number of nitrogens with zero attached hydrogens (tertiary/aromatic N) is 1. The number of aliphatic hydroxyl groups excluding tert-OH is 1. The molecule has 0 aliphatic carbocycles. The van der Waals surface area contributed by atoms with Crippen LogP contribution in [0.2, 0.25) is 0 Å². The highest BCUT2D eigenvalue weighted by Gasteiger charge is 2.10. The first-order valence-electron chi connectivity index (χ1n) is 4.31. The average Bonchev–Trinajstić information content (AvgIpc) is 2.47. The van der Waals surface area contributed by atoms with Crippen molar-refractivity contribution in [3.8, 4) is 0 Å². The van der Waals surface area contributed by atoms with Crippen molar-refractivity contribution in [3.05, 3.63) is 17.5 Å². The molecule has 2 atom stereocenters. The molecule has 4 heteroatoms. The van der Waals surface area contributed by atoms with Gasteiger partial charge < -0.3 is 9.63 Å². The summed E-state index contributed by atoms with van der Waals surface area (Å²) in [4.78, 5) is 0. The van der Waals surface area contributed by atoms with E-state index >= 15 is 0 Å². The van der Waals surface area contributed by atoms with Crippen LogP contribution in [-0.4, -0.2) is 21.6 Å². The zero-order valence-electron chi connectivity index (χ0n) is 8.15. The molecule has 3 nitrogen and oxygen atoms in total. The van der Waals surface area contributed by atoms with E-state index in [0.29, 0.717) is 0 Å². The van der Waals surface area contributed by atoms with E-state index < -0.39 is 0 Å². The van der Waals surface area contributed by atoms with Gasteiger partial charge in [0.15, 0.2) is 0 Å². The lowest BCUT2D eigenvalue weighted by Gasteiger charge is -2.12. The van der Waals surface area contributed by atoms with E-state index in [-0.39, 0.29) is 11.4 Å². The van der Waals surface area contributed by atoms with Crippen LogP contribution in [0.3, 0.4) is 0 Å². The summed E-state index contributed by atoms with van der Waals surface area (Å²) in [6.07, 6.45) is -0.280. The molecule has 0 saturated heterocycles. The zero-order chi connectivity index (χ0) is 9.84. The quantitative estimate of drug-likeness (QED) is 0.809. The van der Waals surface area contributed by atoms with Crippen molar-refractivity contribution in [1.29, 1.82) is 0 Å². The van der Waals surface area contributed by atoms with Crippen LogP contribution in [0.1, 0.15) is 25.3 Å². The predicted octanol–water partition coefficient (Wildman–Crippen LogP) is 1.99. The number of aliphatic hydroxyl groups is 1. The Balaban J connectivity index is 2.35. The van der Waals surface area contributed by atoms with Crippen LogP contribution in [0.5, 0.6) is 0 Å². The average molecular weight is 201 g/mol. The number of hydrogen-bond donors (Lipinski definition) is 1. The summed E-state index contributed by atoms with van der Waals surface area (Å²) in [5.74, 6) is 1.63. The zero-order valence-corrected chi connectivity index (χ0v) is 8.97. The van der Waals surface area contributed by atoms with Crippen molar-refractivity contribution < 1.29 is 9.63 Å². The number of thioether (sulfide) groups is 1. The third-order valence-electron chi connectivity index (χ3n) is 1.85. The monoisotopic (exact) mass is 201 g/mol. The van der Waals surface area contributed by atoms with Crippen LogP contribution in [0, 0.1) is 6.92 Å². The van der Waals surface area contributed by atoms with Crippen molar-refractivity contribution in [2.75, 3.05) is 0 Å². The topological polar surface area (TPSA) is 46.3 Å².